The van der Waals surface area contributed by atoms with Gasteiger partial charge in [-0.3, -0.25) is 19.2 Å². The van der Waals surface area contributed by atoms with E-state index in [4.69, 9.17) is 14.2 Å². The molecule has 1 aliphatic heterocycles. The van der Waals surface area contributed by atoms with Crippen molar-refractivity contribution in [2.24, 2.45) is 23.7 Å². The summed E-state index contributed by atoms with van der Waals surface area (Å²) in [5.41, 5.74) is -0.585. The molecule has 1 aromatic carbocycles. The fraction of sp³-hybridized carbons (Fsp3) is 0.744. The highest BCUT2D eigenvalue weighted by Crippen LogP contribution is 2.30. The molecule has 0 aliphatic carbocycles. The molecular formula is C43H72FN5O8. The summed E-state index contributed by atoms with van der Waals surface area (Å²) in [5, 5.41) is 8.80. The molecule has 3 N–H and O–H groups in total. The summed E-state index contributed by atoms with van der Waals surface area (Å²) >= 11 is 0. The third-order valence-electron chi connectivity index (χ3n) is 11.1. The van der Waals surface area contributed by atoms with Crippen LogP contribution in [0.4, 0.5) is 4.39 Å². The Labute approximate surface area is 340 Å². The molecule has 4 amide bonds. The molecule has 14 heteroatoms. The largest absolute Gasteiger partial charge is 0.458 e. The van der Waals surface area contributed by atoms with Crippen LogP contribution in [-0.4, -0.2) is 122 Å². The standard InChI is InChI=1S/C43H72FN5O8/c1-15-27(6)37(48(12)41(53)36(26(4)5)47-40(52)35(45-11)25(2)3)33(55-13)24-34(50)49-22-18-21-32(49)38(56-14)28(7)39(51)46-31(42(54)57-43(8,9)10)23-29-19-16-17-20-30(29)44/h16-17,19-20,25-28,31-33,35-38,45H,15,18,21-24H2,1-14H3,(H,46,51)(H,47,52)/t27?,28?,31?,32-,33?,35?,36?,37?,38?/m0/s1. The van der Waals surface area contributed by atoms with Gasteiger partial charge in [-0.05, 0) is 70.0 Å². The lowest BCUT2D eigenvalue weighted by Gasteiger charge is -2.41. The molecule has 2 rings (SSSR count). The Morgan fingerprint density at radius 1 is 0.930 bits per heavy atom. The molecule has 0 radical (unpaired) electrons. The lowest BCUT2D eigenvalue weighted by atomic mass is 9.89. The lowest BCUT2D eigenvalue weighted by Crippen LogP contribution is -2.59. The molecule has 324 valence electrons. The first-order valence-electron chi connectivity index (χ1n) is 20.5. The summed E-state index contributed by atoms with van der Waals surface area (Å²) in [6.07, 6.45) is 0.408. The van der Waals surface area contributed by atoms with Gasteiger partial charge in [0.1, 0.15) is 23.5 Å². The van der Waals surface area contributed by atoms with E-state index < -0.39 is 71.6 Å². The number of esters is 1. The maximum atomic E-state index is 14.7. The number of likely N-dealkylation sites (tertiary alicyclic amines) is 1. The Morgan fingerprint density at radius 3 is 2.05 bits per heavy atom. The monoisotopic (exact) mass is 806 g/mol. The van der Waals surface area contributed by atoms with Crippen molar-refractivity contribution in [3.05, 3.63) is 35.6 Å². The molecule has 1 aliphatic rings. The topological polar surface area (TPSA) is 156 Å². The number of methoxy groups -OCH3 is 2. The molecule has 9 atom stereocenters. The Balaban J connectivity index is 2.32. The second-order valence-electron chi connectivity index (χ2n) is 17.2. The number of carbonyl (C=O) groups excluding carboxylic acids is 5. The fourth-order valence-electron chi connectivity index (χ4n) is 7.80. The number of carbonyl (C=O) groups is 5. The van der Waals surface area contributed by atoms with E-state index in [-0.39, 0.29) is 53.9 Å². The number of benzene rings is 1. The highest BCUT2D eigenvalue weighted by Gasteiger charge is 2.43. The molecule has 1 saturated heterocycles. The van der Waals surface area contributed by atoms with Crippen LogP contribution in [0.1, 0.15) is 100 Å². The van der Waals surface area contributed by atoms with Crippen LogP contribution in [0.25, 0.3) is 0 Å². The normalized spacial score (nSPS) is 18.9. The second kappa shape index (κ2) is 22.5. The molecule has 1 fully saturated rings. The minimum atomic E-state index is -1.17. The van der Waals surface area contributed by atoms with Crippen molar-refractivity contribution >= 4 is 29.6 Å². The molecule has 1 heterocycles. The van der Waals surface area contributed by atoms with Gasteiger partial charge in [0, 0.05) is 34.2 Å². The van der Waals surface area contributed by atoms with E-state index in [0.717, 1.165) is 0 Å². The highest BCUT2D eigenvalue weighted by atomic mass is 19.1. The molecule has 0 saturated carbocycles. The van der Waals surface area contributed by atoms with Gasteiger partial charge in [0.25, 0.3) is 0 Å². The van der Waals surface area contributed by atoms with Gasteiger partial charge in [0.2, 0.25) is 23.6 Å². The van der Waals surface area contributed by atoms with Gasteiger partial charge in [-0.1, -0.05) is 73.1 Å². The first kappa shape index (κ1) is 49.5. The van der Waals surface area contributed by atoms with Crippen molar-refractivity contribution in [1.82, 2.24) is 25.8 Å². The average molecular weight is 806 g/mol. The molecule has 57 heavy (non-hydrogen) atoms. The van der Waals surface area contributed by atoms with E-state index in [1.54, 1.807) is 69.8 Å². The zero-order valence-corrected chi connectivity index (χ0v) is 36.9. The fourth-order valence-corrected chi connectivity index (χ4v) is 7.80. The number of amides is 4. The Kier molecular flexibility index (Phi) is 19.6. The van der Waals surface area contributed by atoms with Crippen molar-refractivity contribution in [1.29, 1.82) is 0 Å². The van der Waals surface area contributed by atoms with E-state index in [0.29, 0.717) is 25.8 Å². The van der Waals surface area contributed by atoms with Crippen LogP contribution in [-0.2, 0) is 44.6 Å². The number of nitrogens with one attached hydrogen (secondary N) is 3. The van der Waals surface area contributed by atoms with E-state index in [1.165, 1.54) is 20.3 Å². The van der Waals surface area contributed by atoms with Crippen LogP contribution in [0.3, 0.4) is 0 Å². The Bertz CT molecular complexity index is 1490. The average Bonchev–Trinajstić information content (AvgIpc) is 3.62. The van der Waals surface area contributed by atoms with Crippen molar-refractivity contribution < 1.29 is 42.6 Å². The van der Waals surface area contributed by atoms with Crippen molar-refractivity contribution in [3.63, 3.8) is 0 Å². The minimum Gasteiger partial charge on any atom is -0.458 e. The smallest absolute Gasteiger partial charge is 0.329 e. The van der Waals surface area contributed by atoms with Crippen LogP contribution < -0.4 is 16.0 Å². The number of nitrogens with zero attached hydrogens (tertiary/aromatic N) is 2. The first-order chi connectivity index (χ1) is 26.6. The summed E-state index contributed by atoms with van der Waals surface area (Å²) in [6.45, 7) is 18.9. The zero-order valence-electron chi connectivity index (χ0n) is 36.9. The number of hydrogen-bond acceptors (Lipinski definition) is 9. The summed E-state index contributed by atoms with van der Waals surface area (Å²) in [7, 11) is 6.43. The van der Waals surface area contributed by atoms with E-state index in [9.17, 15) is 28.4 Å². The van der Waals surface area contributed by atoms with Crippen LogP contribution in [0, 0.1) is 29.5 Å². The first-order valence-corrected chi connectivity index (χ1v) is 20.5. The highest BCUT2D eigenvalue weighted by molar-refractivity contribution is 5.90. The summed E-state index contributed by atoms with van der Waals surface area (Å²) in [5.74, 6) is -3.49. The predicted octanol–water partition coefficient (Wildman–Crippen LogP) is 4.50. The van der Waals surface area contributed by atoms with E-state index in [1.807, 2.05) is 41.5 Å². The number of ether oxygens (including phenoxy) is 3. The Hall–Kier alpha value is -3.62. The lowest BCUT2D eigenvalue weighted by molar-refractivity contribution is -0.159. The molecule has 0 bridgehead atoms. The number of likely N-dealkylation sites (N-methyl/N-ethyl adjacent to an activating group) is 2. The molecular weight excluding hydrogens is 733 g/mol. The SMILES string of the molecule is CCC(C)C(C(CC(=O)N1CCC[C@H]1C(OC)C(C)C(=O)NC(Cc1ccccc1F)C(=O)OC(C)(C)C)OC)N(C)C(=O)C(NC(=O)C(NC)C(C)C)C(C)C. The Morgan fingerprint density at radius 2 is 1.54 bits per heavy atom. The quantitative estimate of drug-likeness (QED) is 0.153. The number of halogens is 1. The maximum Gasteiger partial charge on any atom is 0.329 e. The van der Waals surface area contributed by atoms with Crippen molar-refractivity contribution in [3.8, 4) is 0 Å². The summed E-state index contributed by atoms with van der Waals surface area (Å²) in [6, 6.07) is 2.67. The van der Waals surface area contributed by atoms with Gasteiger partial charge >= 0.3 is 5.97 Å². The van der Waals surface area contributed by atoms with Gasteiger partial charge in [0.15, 0.2) is 0 Å². The molecule has 0 aromatic heterocycles. The maximum absolute atomic E-state index is 14.7. The third-order valence-corrected chi connectivity index (χ3v) is 11.1. The van der Waals surface area contributed by atoms with Crippen LogP contribution in [0.5, 0.6) is 0 Å². The zero-order chi connectivity index (χ0) is 43.4. The number of rotatable bonds is 21. The van der Waals surface area contributed by atoms with E-state index >= 15 is 0 Å². The molecule has 13 nitrogen and oxygen atoms in total. The minimum absolute atomic E-state index is 0.0107. The van der Waals surface area contributed by atoms with Gasteiger partial charge in [-0.2, -0.15) is 0 Å². The second-order valence-corrected chi connectivity index (χ2v) is 17.2. The predicted molar refractivity (Wildman–Crippen MR) is 218 cm³/mol. The van der Waals surface area contributed by atoms with Crippen LogP contribution in [0.2, 0.25) is 0 Å². The van der Waals surface area contributed by atoms with E-state index in [2.05, 4.69) is 16.0 Å². The molecule has 0 spiro atoms. The van der Waals surface area contributed by atoms with Crippen molar-refractivity contribution in [2.45, 2.75) is 149 Å². The van der Waals surface area contributed by atoms with Crippen molar-refractivity contribution in [2.75, 3.05) is 34.9 Å². The van der Waals surface area contributed by atoms with Crippen LogP contribution in [0.15, 0.2) is 24.3 Å². The summed E-state index contributed by atoms with van der Waals surface area (Å²) in [4.78, 5) is 72.2. The van der Waals surface area contributed by atoms with Crippen LogP contribution >= 0.6 is 0 Å². The summed E-state index contributed by atoms with van der Waals surface area (Å²) < 4.78 is 32.2. The number of hydrogen-bond donors (Lipinski definition) is 3. The van der Waals surface area contributed by atoms with Gasteiger partial charge < -0.3 is 40.0 Å². The third kappa shape index (κ3) is 13.7. The molecule has 1 aromatic rings. The van der Waals surface area contributed by atoms with Gasteiger partial charge in [-0.25, -0.2) is 9.18 Å². The van der Waals surface area contributed by atoms with Gasteiger partial charge in [0.05, 0.1) is 42.7 Å². The van der Waals surface area contributed by atoms with Gasteiger partial charge in [-0.15, -0.1) is 0 Å². The molecule has 8 unspecified atom stereocenters.